The average molecular weight is 598 g/mol. The van der Waals surface area contributed by atoms with Crippen molar-refractivity contribution in [2.75, 3.05) is 39.6 Å². The van der Waals surface area contributed by atoms with E-state index < -0.39 is 23.6 Å². The Labute approximate surface area is 249 Å². The number of rotatable bonds is 14. The summed E-state index contributed by atoms with van der Waals surface area (Å²) in [6, 6.07) is 3.82. The number of aromatic amines is 1. The number of carbonyl (C=O) groups is 3. The Morgan fingerprint density at radius 3 is 2.72 bits per heavy atom. The van der Waals surface area contributed by atoms with Gasteiger partial charge >= 0.3 is 6.09 Å². The summed E-state index contributed by atoms with van der Waals surface area (Å²) in [5, 5.41) is 8.01. The predicted octanol–water partition coefficient (Wildman–Crippen LogP) is 2.79. The van der Waals surface area contributed by atoms with Crippen LogP contribution in [0.25, 0.3) is 11.0 Å². The van der Waals surface area contributed by atoms with Gasteiger partial charge in [-0.2, -0.15) is 0 Å². The molecule has 0 bridgehead atoms. The van der Waals surface area contributed by atoms with Crippen LogP contribution in [0.1, 0.15) is 37.9 Å². The van der Waals surface area contributed by atoms with Gasteiger partial charge < -0.3 is 35.1 Å². The minimum atomic E-state index is -1.04. The van der Waals surface area contributed by atoms with Crippen LogP contribution in [0.2, 0.25) is 0 Å². The predicted molar refractivity (Wildman–Crippen MR) is 162 cm³/mol. The number of ether oxygens (including phenoxy) is 1. The highest BCUT2D eigenvalue weighted by Crippen LogP contribution is 2.23. The average Bonchev–Trinajstić information content (AvgIpc) is 3.36. The lowest BCUT2D eigenvalue weighted by Crippen LogP contribution is -2.45. The fourth-order valence-electron chi connectivity index (χ4n) is 4.30. The molecule has 3 aromatic rings. The van der Waals surface area contributed by atoms with Gasteiger partial charge in [0.15, 0.2) is 0 Å². The van der Waals surface area contributed by atoms with Gasteiger partial charge in [0.25, 0.3) is 5.56 Å². The van der Waals surface area contributed by atoms with Crippen molar-refractivity contribution < 1.29 is 23.5 Å². The number of fused-ring (bicyclic) bond motifs is 1. The SMILES string of the molecule is CNCCOC(=O)N[C@@H](CC/C=C/C(=O)N(C)C)C(=O)Nc1cccn(Cc2cc3ncc(F)c(CC(C)C)c3[nH]2)c1=O. The highest BCUT2D eigenvalue weighted by Gasteiger charge is 2.22. The third kappa shape index (κ3) is 9.50. The van der Waals surface area contributed by atoms with Crippen molar-refractivity contribution in [2.24, 2.45) is 5.92 Å². The fourth-order valence-corrected chi connectivity index (χ4v) is 4.30. The third-order valence-electron chi connectivity index (χ3n) is 6.51. The van der Waals surface area contributed by atoms with E-state index in [1.165, 1.54) is 27.8 Å². The number of H-pyrrole nitrogens is 1. The highest BCUT2D eigenvalue weighted by atomic mass is 19.1. The molecule has 12 nitrogen and oxygen atoms in total. The molecule has 0 unspecified atom stereocenters. The largest absolute Gasteiger partial charge is 0.448 e. The first-order chi connectivity index (χ1) is 20.5. The lowest BCUT2D eigenvalue weighted by Gasteiger charge is -2.18. The molecular formula is C30H40FN7O5. The molecule has 43 heavy (non-hydrogen) atoms. The Kier molecular flexibility index (Phi) is 12.0. The molecule has 0 aliphatic rings. The van der Waals surface area contributed by atoms with Crippen molar-refractivity contribution >= 4 is 34.6 Å². The van der Waals surface area contributed by atoms with E-state index >= 15 is 0 Å². The Balaban J connectivity index is 1.77. The number of pyridine rings is 2. The lowest BCUT2D eigenvalue weighted by molar-refractivity contribution is -0.123. The summed E-state index contributed by atoms with van der Waals surface area (Å²) in [5.74, 6) is -0.973. The third-order valence-corrected chi connectivity index (χ3v) is 6.51. The van der Waals surface area contributed by atoms with E-state index in [-0.39, 0.29) is 42.9 Å². The number of halogens is 1. The topological polar surface area (TPSA) is 150 Å². The van der Waals surface area contributed by atoms with Gasteiger partial charge in [-0.15, -0.1) is 0 Å². The number of amides is 3. The minimum Gasteiger partial charge on any atom is -0.448 e. The van der Waals surface area contributed by atoms with Gasteiger partial charge in [-0.1, -0.05) is 19.9 Å². The number of carbonyl (C=O) groups excluding carboxylic acids is 3. The van der Waals surface area contributed by atoms with Crippen molar-refractivity contribution in [3.05, 3.63) is 70.2 Å². The molecule has 13 heteroatoms. The molecule has 0 saturated carbocycles. The van der Waals surface area contributed by atoms with Gasteiger partial charge in [-0.3, -0.25) is 19.4 Å². The normalized spacial score (nSPS) is 12.1. The van der Waals surface area contributed by atoms with Crippen LogP contribution in [0, 0.1) is 11.7 Å². The molecule has 1 atom stereocenters. The van der Waals surface area contributed by atoms with Gasteiger partial charge in [-0.25, -0.2) is 9.18 Å². The molecule has 3 rings (SSSR count). The Hall–Kier alpha value is -4.52. The minimum absolute atomic E-state index is 0.0157. The van der Waals surface area contributed by atoms with Crippen LogP contribution >= 0.6 is 0 Å². The molecule has 0 aliphatic heterocycles. The molecule has 232 valence electrons. The van der Waals surface area contributed by atoms with E-state index in [0.29, 0.717) is 41.7 Å². The quantitative estimate of drug-likeness (QED) is 0.165. The first-order valence-electron chi connectivity index (χ1n) is 14.1. The van der Waals surface area contributed by atoms with E-state index in [4.69, 9.17) is 4.74 Å². The molecule has 0 aromatic carbocycles. The van der Waals surface area contributed by atoms with E-state index in [0.717, 1.165) is 0 Å². The molecule has 0 fully saturated rings. The van der Waals surface area contributed by atoms with Crippen LogP contribution in [0.5, 0.6) is 0 Å². The molecule has 0 saturated heterocycles. The number of hydrogen-bond donors (Lipinski definition) is 4. The number of nitrogens with one attached hydrogen (secondary N) is 4. The van der Waals surface area contributed by atoms with Gasteiger partial charge in [0, 0.05) is 38.1 Å². The molecule has 0 aliphatic carbocycles. The first-order valence-corrected chi connectivity index (χ1v) is 14.1. The standard InChI is InChI=1S/C30H40FN7O5/c1-19(2)15-21-22(31)17-33-25-16-20(34-27(21)25)18-38-13-8-10-24(29(38)41)35-28(40)23(36-30(42)43-14-12-32-3)9-6-7-11-26(39)37(4)5/h7-8,10-11,13,16-17,19,23,32,34H,6,9,12,14-15,18H2,1-5H3,(H,35,40)(H,36,42)/b11-7+/t23-/m0/s1. The van der Waals surface area contributed by atoms with Crippen LogP contribution < -0.4 is 21.5 Å². The van der Waals surface area contributed by atoms with Crippen LogP contribution in [0.15, 0.2) is 47.5 Å². The summed E-state index contributed by atoms with van der Waals surface area (Å²) in [7, 11) is 4.96. The van der Waals surface area contributed by atoms with Crippen LogP contribution in [-0.4, -0.2) is 77.7 Å². The maximum atomic E-state index is 14.5. The summed E-state index contributed by atoms with van der Waals surface area (Å²) in [4.78, 5) is 59.4. The summed E-state index contributed by atoms with van der Waals surface area (Å²) >= 11 is 0. The summed E-state index contributed by atoms with van der Waals surface area (Å²) in [5.41, 5.74) is 1.93. The molecule has 3 aromatic heterocycles. The van der Waals surface area contributed by atoms with E-state index in [2.05, 4.69) is 25.9 Å². The number of allylic oxidation sites excluding steroid dienone is 1. The maximum absolute atomic E-state index is 14.5. The summed E-state index contributed by atoms with van der Waals surface area (Å²) < 4.78 is 21.0. The monoisotopic (exact) mass is 597 g/mol. The van der Waals surface area contributed by atoms with Gasteiger partial charge in [0.1, 0.15) is 24.2 Å². The van der Waals surface area contributed by atoms with E-state index in [1.807, 2.05) is 13.8 Å². The maximum Gasteiger partial charge on any atom is 0.407 e. The Morgan fingerprint density at radius 2 is 2.02 bits per heavy atom. The van der Waals surface area contributed by atoms with Gasteiger partial charge in [0.2, 0.25) is 11.8 Å². The van der Waals surface area contributed by atoms with Crippen molar-refractivity contribution in [1.29, 1.82) is 0 Å². The second-order valence-electron chi connectivity index (χ2n) is 10.7. The molecule has 4 N–H and O–H groups in total. The van der Waals surface area contributed by atoms with Gasteiger partial charge in [0.05, 0.1) is 23.8 Å². The van der Waals surface area contributed by atoms with Crippen molar-refractivity contribution in [1.82, 2.24) is 30.1 Å². The number of nitrogens with zero attached hydrogens (tertiary/aromatic N) is 3. The molecular weight excluding hydrogens is 557 g/mol. The molecule has 0 radical (unpaired) electrons. The van der Waals surface area contributed by atoms with Gasteiger partial charge in [-0.05, 0) is 56.5 Å². The smallest absolute Gasteiger partial charge is 0.407 e. The number of aromatic nitrogens is 3. The van der Waals surface area contributed by atoms with Crippen LogP contribution in [-0.2, 0) is 27.3 Å². The lowest BCUT2D eigenvalue weighted by atomic mass is 10.0. The van der Waals surface area contributed by atoms with Crippen LogP contribution in [0.3, 0.4) is 0 Å². The molecule has 3 amide bonds. The first kappa shape index (κ1) is 33.0. The summed E-state index contributed by atoms with van der Waals surface area (Å²) in [6.45, 7) is 4.68. The number of likely N-dealkylation sites (N-methyl/N-ethyl adjacent to an activating group) is 2. The van der Waals surface area contributed by atoms with E-state index in [9.17, 15) is 23.6 Å². The Morgan fingerprint density at radius 1 is 1.26 bits per heavy atom. The van der Waals surface area contributed by atoms with Crippen molar-refractivity contribution in [2.45, 2.75) is 45.7 Å². The number of anilines is 1. The Bertz CT molecular complexity index is 1510. The molecule has 3 heterocycles. The second-order valence-corrected chi connectivity index (χ2v) is 10.7. The second kappa shape index (κ2) is 15.6. The van der Waals surface area contributed by atoms with E-state index in [1.54, 1.807) is 45.5 Å². The highest BCUT2D eigenvalue weighted by molar-refractivity contribution is 5.96. The number of hydrogen-bond acceptors (Lipinski definition) is 7. The zero-order chi connectivity index (χ0) is 31.5. The van der Waals surface area contributed by atoms with Crippen LogP contribution in [0.4, 0.5) is 14.9 Å². The molecule has 0 spiro atoms. The van der Waals surface area contributed by atoms with Crippen molar-refractivity contribution in [3.63, 3.8) is 0 Å². The zero-order valence-corrected chi connectivity index (χ0v) is 25.2. The number of alkyl carbamates (subject to hydrolysis) is 1. The zero-order valence-electron chi connectivity index (χ0n) is 25.2. The van der Waals surface area contributed by atoms with Crippen molar-refractivity contribution in [3.8, 4) is 0 Å². The fraction of sp³-hybridized carbons (Fsp3) is 0.433. The summed E-state index contributed by atoms with van der Waals surface area (Å²) in [6.07, 6.45) is 5.99.